The molecule has 73 heavy (non-hydrogen) atoms. The van der Waals surface area contributed by atoms with Gasteiger partial charge in [0.1, 0.15) is 10.3 Å². The number of imide groups is 2. The second-order valence-electron chi connectivity index (χ2n) is 18.4. The van der Waals surface area contributed by atoms with Gasteiger partial charge in [0.2, 0.25) is 0 Å². The third-order valence-electron chi connectivity index (χ3n) is 13.5. The summed E-state index contributed by atoms with van der Waals surface area (Å²) in [6.45, 7) is 3.40. The van der Waals surface area contributed by atoms with Gasteiger partial charge < -0.3 is 45.1 Å². The molecule has 1 unspecified atom stereocenters. The maximum atomic E-state index is 13.2. The van der Waals surface area contributed by atoms with Crippen molar-refractivity contribution < 1.29 is 34.3 Å². The zero-order valence-electron chi connectivity index (χ0n) is 39.7. The number of para-hydroxylation sites is 4. The van der Waals surface area contributed by atoms with Crippen LogP contribution >= 0.6 is 23.2 Å². The number of aliphatic hydroxyl groups excluding tert-OH is 1. The maximum absolute atomic E-state index is 13.2. The number of aliphatic hydroxyl groups is 1. The van der Waals surface area contributed by atoms with Gasteiger partial charge in [0.25, 0.3) is 23.6 Å². The number of nitrogens with zero attached hydrogens (tertiary/aromatic N) is 1. The first-order chi connectivity index (χ1) is 35.3. The highest BCUT2D eigenvalue weighted by molar-refractivity contribution is 6.53. The Balaban J connectivity index is 0.000000143. The molecular weight excluding hydrogens is 965 g/mol. The summed E-state index contributed by atoms with van der Waals surface area (Å²) in [5.74, 6) is -1.75. The number of allylic oxidation sites excluding steroid dienone is 1. The van der Waals surface area contributed by atoms with Gasteiger partial charge in [0, 0.05) is 84.8 Å². The average Bonchev–Trinajstić information content (AvgIpc) is 4.23. The number of H-pyrrole nitrogens is 3. The summed E-state index contributed by atoms with van der Waals surface area (Å²) in [5, 5.41) is 42.8. The highest BCUT2D eigenvalue weighted by Gasteiger charge is 2.38. The molecule has 4 amide bonds. The molecule has 8 aromatic rings. The lowest BCUT2D eigenvalue weighted by Crippen LogP contribution is -2.40. The predicted octanol–water partition coefficient (Wildman–Crippen LogP) is 7.94. The number of carbonyl (C=O) groups is 4. The number of halogens is 2. The molecule has 0 radical (unpaired) electrons. The Bertz CT molecular complexity index is 3620. The fraction of sp³-hybridized carbons (Fsp3) is 0.185. The van der Waals surface area contributed by atoms with E-state index in [9.17, 15) is 24.2 Å². The van der Waals surface area contributed by atoms with Crippen molar-refractivity contribution in [1.82, 2.24) is 40.6 Å². The molecule has 0 spiro atoms. The van der Waals surface area contributed by atoms with Gasteiger partial charge in [0.05, 0.1) is 40.0 Å². The molecule has 368 valence electrons. The first-order valence-electron chi connectivity index (χ1n) is 24.1. The zero-order valence-corrected chi connectivity index (χ0v) is 41.2. The van der Waals surface area contributed by atoms with Gasteiger partial charge in [0.15, 0.2) is 0 Å². The lowest BCUT2D eigenvalue weighted by atomic mass is 9.85. The van der Waals surface area contributed by atoms with Crippen molar-refractivity contribution in [2.45, 2.75) is 63.6 Å². The summed E-state index contributed by atoms with van der Waals surface area (Å²) >= 11 is 13.5. The molecule has 0 saturated heterocycles. The molecule has 2 aliphatic carbocycles. The van der Waals surface area contributed by atoms with Crippen LogP contribution in [0.25, 0.3) is 65.9 Å². The predicted molar refractivity (Wildman–Crippen MR) is 290 cm³/mol. The summed E-state index contributed by atoms with van der Waals surface area (Å²) in [5.41, 5.74) is 7.18. The number of aromatic amines is 3. The molecule has 0 fully saturated rings. The number of carbonyl (C=O) groups excluding carboxylic acids is 4. The average molecular weight is 1020 g/mol. The van der Waals surface area contributed by atoms with Gasteiger partial charge in [-0.2, -0.15) is 0 Å². The van der Waals surface area contributed by atoms with Crippen molar-refractivity contribution in [2.75, 3.05) is 0 Å². The molecule has 10 N–H and O–H groups in total. The molecule has 4 aromatic heterocycles. The SMILES string of the molecule is CB(O)N[C@H]1C=CC(n2c(Cl)c(C3=C(c4c[nH]c5ccccc45)C(=O)NC3=O)c3ccccc32)CC1.CB(O)N[C@H]1C=C[C@@H](O)CC1.O=C1NC(=O)C(c2c(Cl)[nH]c3ccccc23)=C1c1c[nH]c2ccccc12. The fourth-order valence-corrected chi connectivity index (χ4v) is 11.0. The topological polar surface area (TPSA) is 229 Å². The molecular formula is C54H50B2Cl2N8O7. The van der Waals surface area contributed by atoms with Crippen molar-refractivity contribution in [3.05, 3.63) is 166 Å². The van der Waals surface area contributed by atoms with E-state index in [1.54, 1.807) is 32.1 Å². The van der Waals surface area contributed by atoms with Crippen LogP contribution in [0.1, 0.15) is 54.0 Å². The van der Waals surface area contributed by atoms with Gasteiger partial charge in [-0.25, -0.2) is 0 Å². The first-order valence-corrected chi connectivity index (χ1v) is 24.8. The van der Waals surface area contributed by atoms with E-state index in [2.05, 4.69) is 42.1 Å². The molecule has 2 aliphatic heterocycles. The number of amides is 4. The van der Waals surface area contributed by atoms with E-state index >= 15 is 0 Å². The minimum absolute atomic E-state index is 0.0273. The van der Waals surface area contributed by atoms with Crippen LogP contribution in [-0.2, 0) is 19.2 Å². The molecule has 0 bridgehead atoms. The second-order valence-corrected chi connectivity index (χ2v) is 19.2. The number of hydrogen-bond acceptors (Lipinski definition) is 9. The minimum atomic E-state index is -0.591. The van der Waals surface area contributed by atoms with E-state index in [1.165, 1.54) is 0 Å². The van der Waals surface area contributed by atoms with Crippen LogP contribution in [0.3, 0.4) is 0 Å². The molecule has 0 saturated carbocycles. The van der Waals surface area contributed by atoms with Crippen LogP contribution in [0.15, 0.2) is 134 Å². The lowest BCUT2D eigenvalue weighted by Gasteiger charge is -2.26. The van der Waals surface area contributed by atoms with Gasteiger partial charge in [-0.15, -0.1) is 0 Å². The Morgan fingerprint density at radius 2 is 1.01 bits per heavy atom. The van der Waals surface area contributed by atoms with Crippen molar-refractivity contribution in [3.63, 3.8) is 0 Å². The minimum Gasteiger partial charge on any atom is -0.437 e. The second kappa shape index (κ2) is 20.7. The standard InChI is InChI=1S/C27H24BClN4O3.C20H12ClN3O2.C7H14BNO2/c1-28(36)32-15-10-12-16(13-11-15)33-21-9-5-3-7-18(21)22(25(33)29)24-23(26(34)31-27(24)35)19-14-30-20-8-4-2-6-17(19)20;21-18-15(11-6-2-4-8-14(11)23-18)17-16(19(25)24-20(17)26)12-9-22-13-7-3-1-5-10(12)13;1-8(11)9-6-2-4-7(10)5-3-6/h2-10,12,14-16,30,32,36H,11,13H2,1H3,(H,31,34,35);1-9,22-23H,(H,24,25,26);2,4,6-7,9-11H,3,5H2,1H3/t15-,16?;;6-,7+/m0.0/s1. The molecule has 4 aromatic carbocycles. The van der Waals surface area contributed by atoms with E-state index in [0.717, 1.165) is 69.3 Å². The van der Waals surface area contributed by atoms with Crippen LogP contribution < -0.4 is 21.1 Å². The molecule has 15 nitrogen and oxygen atoms in total. The molecule has 19 heteroatoms. The number of benzene rings is 4. The number of nitrogens with one attached hydrogen (secondary N) is 7. The summed E-state index contributed by atoms with van der Waals surface area (Å²) in [4.78, 5) is 61.0. The van der Waals surface area contributed by atoms with E-state index in [-0.39, 0.29) is 29.8 Å². The van der Waals surface area contributed by atoms with Gasteiger partial charge in [-0.05, 0) is 63.6 Å². The van der Waals surface area contributed by atoms with E-state index < -0.39 is 37.7 Å². The highest BCUT2D eigenvalue weighted by atomic mass is 35.5. The van der Waals surface area contributed by atoms with Gasteiger partial charge in [-0.1, -0.05) is 120 Å². The zero-order chi connectivity index (χ0) is 51.1. The number of rotatable bonds is 9. The molecule has 12 rings (SSSR count). The number of hydrogen-bond donors (Lipinski definition) is 10. The summed E-state index contributed by atoms with van der Waals surface area (Å²) in [6, 6.07) is 30.9. The normalized spacial score (nSPS) is 19.7. The lowest BCUT2D eigenvalue weighted by molar-refractivity contribution is -0.124. The Hall–Kier alpha value is -7.21. The third-order valence-corrected chi connectivity index (χ3v) is 14.2. The van der Waals surface area contributed by atoms with Crippen molar-refractivity contribution >= 4 is 127 Å². The van der Waals surface area contributed by atoms with Gasteiger partial charge >= 0.3 is 14.1 Å². The number of fused-ring (bicyclic) bond motifs is 4. The smallest absolute Gasteiger partial charge is 0.374 e. The van der Waals surface area contributed by atoms with Crippen LogP contribution in [-0.4, -0.2) is 90.6 Å². The van der Waals surface area contributed by atoms with Crippen LogP contribution in [0, 0.1) is 0 Å². The Morgan fingerprint density at radius 3 is 1.53 bits per heavy atom. The molecule has 6 heterocycles. The van der Waals surface area contributed by atoms with Crippen LogP contribution in [0.5, 0.6) is 0 Å². The van der Waals surface area contributed by atoms with Gasteiger partial charge in [-0.3, -0.25) is 29.8 Å². The Morgan fingerprint density at radius 1 is 0.548 bits per heavy atom. The largest absolute Gasteiger partial charge is 0.437 e. The van der Waals surface area contributed by atoms with Crippen LogP contribution in [0.2, 0.25) is 24.0 Å². The fourth-order valence-electron chi connectivity index (χ4n) is 10.3. The van der Waals surface area contributed by atoms with Crippen LogP contribution in [0.4, 0.5) is 0 Å². The number of aromatic nitrogens is 4. The summed E-state index contributed by atoms with van der Waals surface area (Å²) < 4.78 is 2.04. The van der Waals surface area contributed by atoms with Crippen molar-refractivity contribution in [1.29, 1.82) is 0 Å². The van der Waals surface area contributed by atoms with E-state index in [4.69, 9.17) is 33.3 Å². The van der Waals surface area contributed by atoms with Crippen molar-refractivity contribution in [3.8, 4) is 0 Å². The molecule has 4 aliphatic rings. The maximum Gasteiger partial charge on any atom is 0.374 e. The Labute approximate surface area is 429 Å². The van der Waals surface area contributed by atoms with Crippen molar-refractivity contribution in [2.24, 2.45) is 0 Å². The third kappa shape index (κ3) is 9.64. The van der Waals surface area contributed by atoms with E-state index in [1.807, 2.05) is 114 Å². The van der Waals surface area contributed by atoms with E-state index in [0.29, 0.717) is 49.3 Å². The first kappa shape index (κ1) is 49.4. The monoisotopic (exact) mass is 1010 g/mol. The summed E-state index contributed by atoms with van der Waals surface area (Å²) in [6.07, 6.45) is 14.3. The quantitative estimate of drug-likeness (QED) is 0.0384. The highest BCUT2D eigenvalue weighted by Crippen LogP contribution is 2.45. The Kier molecular flexibility index (Phi) is 14.0. The molecule has 4 atom stereocenters. The summed E-state index contributed by atoms with van der Waals surface area (Å²) in [7, 11) is -1.06.